The van der Waals surface area contributed by atoms with Gasteiger partial charge in [-0.3, -0.25) is 4.79 Å². The van der Waals surface area contributed by atoms with E-state index in [0.29, 0.717) is 11.3 Å². The van der Waals surface area contributed by atoms with Crippen LogP contribution < -0.4 is 5.73 Å². The molecule has 2 unspecified atom stereocenters. The Morgan fingerprint density at radius 3 is 2.60 bits per heavy atom. The van der Waals surface area contributed by atoms with Gasteiger partial charge in [0.25, 0.3) is 0 Å². The molecule has 110 valence electrons. The van der Waals surface area contributed by atoms with E-state index in [2.05, 4.69) is 26.0 Å². The first-order valence-electron chi connectivity index (χ1n) is 7.45. The lowest BCUT2D eigenvalue weighted by molar-refractivity contribution is -0.137. The number of aliphatic carboxylic acids is 1. The molecule has 3 heteroatoms. The molecule has 20 heavy (non-hydrogen) atoms. The first-order valence-corrected chi connectivity index (χ1v) is 7.45. The Bertz CT molecular complexity index is 464. The van der Waals surface area contributed by atoms with Crippen LogP contribution in [0.4, 0.5) is 0 Å². The monoisotopic (exact) mass is 275 g/mol. The van der Waals surface area contributed by atoms with Crippen molar-refractivity contribution in [2.24, 2.45) is 11.1 Å². The highest BCUT2D eigenvalue weighted by molar-refractivity contribution is 5.67. The molecule has 1 aromatic carbocycles. The van der Waals surface area contributed by atoms with E-state index >= 15 is 0 Å². The van der Waals surface area contributed by atoms with Crippen molar-refractivity contribution in [2.75, 3.05) is 0 Å². The van der Waals surface area contributed by atoms with Crippen LogP contribution in [-0.2, 0) is 4.79 Å². The van der Waals surface area contributed by atoms with Crippen molar-refractivity contribution in [3.8, 4) is 0 Å². The van der Waals surface area contributed by atoms with Gasteiger partial charge in [-0.05, 0) is 41.7 Å². The molecule has 0 radical (unpaired) electrons. The van der Waals surface area contributed by atoms with Crippen LogP contribution >= 0.6 is 0 Å². The minimum atomic E-state index is -0.851. The summed E-state index contributed by atoms with van der Waals surface area (Å²) in [6.07, 6.45) is 5.07. The standard InChI is InChI=1S/C17H25NO2/c1-17(2)9-3-4-14(11-17)12-5-7-13(8-6-12)15(18)10-16(19)20/h5-8,14-15H,3-4,9-11,18H2,1-2H3,(H,19,20). The van der Waals surface area contributed by atoms with E-state index in [4.69, 9.17) is 10.8 Å². The molecule has 1 fully saturated rings. The maximum Gasteiger partial charge on any atom is 0.305 e. The van der Waals surface area contributed by atoms with E-state index in [9.17, 15) is 4.79 Å². The third-order valence-corrected chi connectivity index (χ3v) is 4.44. The molecule has 0 saturated heterocycles. The van der Waals surface area contributed by atoms with Gasteiger partial charge >= 0.3 is 5.97 Å². The largest absolute Gasteiger partial charge is 0.481 e. The minimum Gasteiger partial charge on any atom is -0.481 e. The maximum atomic E-state index is 10.7. The summed E-state index contributed by atoms with van der Waals surface area (Å²) in [7, 11) is 0. The molecule has 0 amide bonds. The van der Waals surface area contributed by atoms with E-state index in [-0.39, 0.29) is 6.42 Å². The predicted octanol–water partition coefficient (Wildman–Crippen LogP) is 3.84. The van der Waals surface area contributed by atoms with Crippen LogP contribution in [0.1, 0.15) is 69.0 Å². The SMILES string of the molecule is CC1(C)CCCC(c2ccc(C(N)CC(=O)O)cc2)C1. The third-order valence-electron chi connectivity index (χ3n) is 4.44. The molecule has 1 aliphatic carbocycles. The second-order valence-corrected chi connectivity index (χ2v) is 6.83. The van der Waals surface area contributed by atoms with Gasteiger partial charge in [0.05, 0.1) is 6.42 Å². The van der Waals surface area contributed by atoms with Crippen molar-refractivity contribution in [3.05, 3.63) is 35.4 Å². The Balaban J connectivity index is 2.06. The molecule has 0 aromatic heterocycles. The Morgan fingerprint density at radius 1 is 1.40 bits per heavy atom. The van der Waals surface area contributed by atoms with Gasteiger partial charge in [0.1, 0.15) is 0 Å². The van der Waals surface area contributed by atoms with E-state index in [1.807, 2.05) is 12.1 Å². The van der Waals surface area contributed by atoms with Gasteiger partial charge in [0.15, 0.2) is 0 Å². The van der Waals surface area contributed by atoms with Crippen molar-refractivity contribution < 1.29 is 9.90 Å². The molecular weight excluding hydrogens is 250 g/mol. The van der Waals surface area contributed by atoms with Crippen LogP contribution in [0.2, 0.25) is 0 Å². The summed E-state index contributed by atoms with van der Waals surface area (Å²) in [6, 6.07) is 7.82. The number of carboxylic acids is 1. The van der Waals surface area contributed by atoms with E-state index in [1.165, 1.54) is 31.2 Å². The fraction of sp³-hybridized carbons (Fsp3) is 0.588. The maximum absolute atomic E-state index is 10.7. The normalized spacial score (nSPS) is 23.2. The average molecular weight is 275 g/mol. The minimum absolute atomic E-state index is 0.0180. The summed E-state index contributed by atoms with van der Waals surface area (Å²) in [4.78, 5) is 10.7. The van der Waals surface area contributed by atoms with E-state index in [1.54, 1.807) is 0 Å². The van der Waals surface area contributed by atoms with Crippen LogP contribution in [0.25, 0.3) is 0 Å². The smallest absolute Gasteiger partial charge is 0.305 e. The van der Waals surface area contributed by atoms with Gasteiger partial charge in [0, 0.05) is 6.04 Å². The lowest BCUT2D eigenvalue weighted by Gasteiger charge is -2.35. The molecule has 2 rings (SSSR count). The zero-order chi connectivity index (χ0) is 14.8. The number of carboxylic acid groups (broad SMARTS) is 1. The predicted molar refractivity (Wildman–Crippen MR) is 80.6 cm³/mol. The van der Waals surface area contributed by atoms with Gasteiger partial charge < -0.3 is 10.8 Å². The zero-order valence-electron chi connectivity index (χ0n) is 12.4. The fourth-order valence-corrected chi connectivity index (χ4v) is 3.30. The van der Waals surface area contributed by atoms with Gasteiger partial charge in [0.2, 0.25) is 0 Å². The topological polar surface area (TPSA) is 63.3 Å². The second-order valence-electron chi connectivity index (χ2n) is 6.83. The van der Waals surface area contributed by atoms with E-state index < -0.39 is 12.0 Å². The fourth-order valence-electron chi connectivity index (χ4n) is 3.30. The molecule has 2 atom stereocenters. The van der Waals surface area contributed by atoms with Gasteiger partial charge in [-0.2, -0.15) is 0 Å². The highest BCUT2D eigenvalue weighted by atomic mass is 16.4. The molecular formula is C17H25NO2. The molecule has 3 N–H and O–H groups in total. The van der Waals surface area contributed by atoms with Gasteiger partial charge in [-0.1, -0.05) is 44.5 Å². The van der Waals surface area contributed by atoms with Gasteiger partial charge in [-0.15, -0.1) is 0 Å². The van der Waals surface area contributed by atoms with Crippen LogP contribution in [-0.4, -0.2) is 11.1 Å². The molecule has 0 spiro atoms. The van der Waals surface area contributed by atoms with E-state index in [0.717, 1.165) is 5.56 Å². The summed E-state index contributed by atoms with van der Waals surface area (Å²) in [5.74, 6) is -0.223. The molecule has 0 bridgehead atoms. The van der Waals surface area contributed by atoms with Crippen LogP contribution in [0, 0.1) is 5.41 Å². The Hall–Kier alpha value is -1.35. The third kappa shape index (κ3) is 3.83. The van der Waals surface area contributed by atoms with Crippen LogP contribution in [0.15, 0.2) is 24.3 Å². The van der Waals surface area contributed by atoms with Crippen molar-refractivity contribution in [1.82, 2.24) is 0 Å². The summed E-state index contributed by atoms with van der Waals surface area (Å²) in [5, 5.41) is 8.78. The number of rotatable bonds is 4. The summed E-state index contributed by atoms with van der Waals surface area (Å²) < 4.78 is 0. The molecule has 1 aliphatic rings. The molecule has 3 nitrogen and oxygen atoms in total. The highest BCUT2D eigenvalue weighted by Crippen LogP contribution is 2.43. The lowest BCUT2D eigenvalue weighted by atomic mass is 9.70. The summed E-state index contributed by atoms with van der Waals surface area (Å²) >= 11 is 0. The summed E-state index contributed by atoms with van der Waals surface area (Å²) in [6.45, 7) is 4.69. The average Bonchev–Trinajstić information content (AvgIpc) is 2.37. The van der Waals surface area contributed by atoms with Crippen molar-refractivity contribution in [3.63, 3.8) is 0 Å². The van der Waals surface area contributed by atoms with Crippen molar-refractivity contribution in [1.29, 1.82) is 0 Å². The molecule has 0 aliphatic heterocycles. The van der Waals surface area contributed by atoms with Crippen molar-refractivity contribution in [2.45, 2.75) is 57.9 Å². The van der Waals surface area contributed by atoms with Crippen LogP contribution in [0.3, 0.4) is 0 Å². The number of hydrogen-bond acceptors (Lipinski definition) is 2. The van der Waals surface area contributed by atoms with Crippen molar-refractivity contribution >= 4 is 5.97 Å². The number of benzene rings is 1. The second kappa shape index (κ2) is 5.96. The molecule has 1 saturated carbocycles. The first-order chi connectivity index (χ1) is 9.37. The number of carbonyl (C=O) groups is 1. The zero-order valence-corrected chi connectivity index (χ0v) is 12.4. The summed E-state index contributed by atoms with van der Waals surface area (Å²) in [5.41, 5.74) is 8.59. The number of hydrogen-bond donors (Lipinski definition) is 2. The first kappa shape index (κ1) is 15.0. The number of nitrogens with two attached hydrogens (primary N) is 1. The Morgan fingerprint density at radius 2 is 2.05 bits per heavy atom. The Labute approximate surface area is 121 Å². The molecule has 0 heterocycles. The quantitative estimate of drug-likeness (QED) is 0.877. The van der Waals surface area contributed by atoms with Gasteiger partial charge in [-0.25, -0.2) is 0 Å². The lowest BCUT2D eigenvalue weighted by Crippen LogP contribution is -2.21. The molecule has 1 aromatic rings. The highest BCUT2D eigenvalue weighted by Gasteiger charge is 2.28. The van der Waals surface area contributed by atoms with Crippen LogP contribution in [0.5, 0.6) is 0 Å². The Kier molecular flexibility index (Phi) is 4.48.